The van der Waals surface area contributed by atoms with Crippen molar-refractivity contribution in [2.24, 2.45) is 17.8 Å². The van der Waals surface area contributed by atoms with Gasteiger partial charge in [-0.15, -0.1) is 0 Å². The third kappa shape index (κ3) is 3.35. The molecule has 2 rings (SSSR count). The van der Waals surface area contributed by atoms with Crippen LogP contribution in [0.15, 0.2) is 24.3 Å². The van der Waals surface area contributed by atoms with Crippen LogP contribution in [0, 0.1) is 23.6 Å². The van der Waals surface area contributed by atoms with E-state index in [2.05, 4.69) is 5.32 Å². The molecule has 4 nitrogen and oxygen atoms in total. The van der Waals surface area contributed by atoms with Gasteiger partial charge in [-0.2, -0.15) is 0 Å². The molecular formula is C15H18FNO3. The van der Waals surface area contributed by atoms with Gasteiger partial charge in [0.15, 0.2) is 0 Å². The molecule has 1 fully saturated rings. The van der Waals surface area contributed by atoms with E-state index >= 15 is 0 Å². The Hall–Kier alpha value is -1.91. The first-order valence-electron chi connectivity index (χ1n) is 6.72. The third-order valence-electron chi connectivity index (χ3n) is 3.81. The Morgan fingerprint density at radius 3 is 2.70 bits per heavy atom. The number of nitrogens with one attached hydrogen (secondary N) is 1. The Bertz CT molecular complexity index is 518. The molecule has 1 aromatic rings. The second-order valence-corrected chi connectivity index (χ2v) is 5.48. The van der Waals surface area contributed by atoms with E-state index < -0.39 is 17.8 Å². The number of carboxylic acids is 1. The standard InChI is InChI=1S/C15H18FNO3/c1-9-5-12(13(6-9)15(19)20)14(18)17-8-10-3-2-4-11(16)7-10/h2-4,7,9,12-13H,5-6,8H2,1H3,(H,17,18)(H,19,20). The number of rotatable bonds is 4. The highest BCUT2D eigenvalue weighted by Crippen LogP contribution is 2.36. The minimum absolute atomic E-state index is 0.216. The molecule has 5 heteroatoms. The van der Waals surface area contributed by atoms with Crippen LogP contribution in [-0.4, -0.2) is 17.0 Å². The molecule has 3 atom stereocenters. The van der Waals surface area contributed by atoms with E-state index in [9.17, 15) is 14.0 Å². The number of benzene rings is 1. The van der Waals surface area contributed by atoms with Gasteiger partial charge in [-0.3, -0.25) is 9.59 Å². The normalized spacial score (nSPS) is 25.4. The molecule has 108 valence electrons. The van der Waals surface area contributed by atoms with Crippen LogP contribution in [0.25, 0.3) is 0 Å². The summed E-state index contributed by atoms with van der Waals surface area (Å²) in [6.07, 6.45) is 1.12. The molecule has 1 aliphatic rings. The molecule has 0 saturated heterocycles. The maximum Gasteiger partial charge on any atom is 0.307 e. The largest absolute Gasteiger partial charge is 0.481 e. The summed E-state index contributed by atoms with van der Waals surface area (Å²) in [7, 11) is 0. The lowest BCUT2D eigenvalue weighted by molar-refractivity contribution is -0.146. The van der Waals surface area contributed by atoms with Gasteiger partial charge in [-0.1, -0.05) is 19.1 Å². The lowest BCUT2D eigenvalue weighted by atomic mass is 9.95. The van der Waals surface area contributed by atoms with Gasteiger partial charge >= 0.3 is 5.97 Å². The van der Waals surface area contributed by atoms with Gasteiger partial charge in [0.1, 0.15) is 5.82 Å². The zero-order chi connectivity index (χ0) is 14.7. The Morgan fingerprint density at radius 1 is 1.35 bits per heavy atom. The summed E-state index contributed by atoms with van der Waals surface area (Å²) in [4.78, 5) is 23.2. The molecule has 0 radical (unpaired) electrons. The van der Waals surface area contributed by atoms with Gasteiger partial charge in [-0.05, 0) is 36.5 Å². The van der Waals surface area contributed by atoms with Gasteiger partial charge in [0.2, 0.25) is 5.91 Å². The molecule has 1 saturated carbocycles. The van der Waals surface area contributed by atoms with Crippen molar-refractivity contribution < 1.29 is 19.1 Å². The SMILES string of the molecule is CC1CC(C(=O)O)C(C(=O)NCc2cccc(F)c2)C1. The molecule has 1 aliphatic carbocycles. The number of halogens is 1. The number of aliphatic carboxylic acids is 1. The van der Waals surface area contributed by atoms with Crippen molar-refractivity contribution in [2.45, 2.75) is 26.3 Å². The van der Waals surface area contributed by atoms with Crippen LogP contribution in [-0.2, 0) is 16.1 Å². The summed E-state index contributed by atoms with van der Waals surface area (Å²) in [5.74, 6) is -2.39. The van der Waals surface area contributed by atoms with Crippen LogP contribution in [0.2, 0.25) is 0 Å². The lowest BCUT2D eigenvalue weighted by Crippen LogP contribution is -2.34. The molecule has 0 aromatic heterocycles. The first-order valence-corrected chi connectivity index (χ1v) is 6.72. The molecule has 0 spiro atoms. The fourth-order valence-electron chi connectivity index (χ4n) is 2.82. The van der Waals surface area contributed by atoms with Crippen molar-refractivity contribution in [3.63, 3.8) is 0 Å². The first kappa shape index (κ1) is 14.5. The fourth-order valence-corrected chi connectivity index (χ4v) is 2.82. The van der Waals surface area contributed by atoms with E-state index in [1.54, 1.807) is 12.1 Å². The van der Waals surface area contributed by atoms with E-state index in [4.69, 9.17) is 5.11 Å². The number of carbonyl (C=O) groups is 2. The van der Waals surface area contributed by atoms with Crippen molar-refractivity contribution in [3.8, 4) is 0 Å². The third-order valence-corrected chi connectivity index (χ3v) is 3.81. The summed E-state index contributed by atoms with van der Waals surface area (Å²) in [6.45, 7) is 2.17. The maximum absolute atomic E-state index is 13.0. The summed E-state index contributed by atoms with van der Waals surface area (Å²) < 4.78 is 13.0. The molecule has 1 amide bonds. The second kappa shape index (κ2) is 6.03. The number of carbonyl (C=O) groups excluding carboxylic acids is 1. The Morgan fingerprint density at radius 2 is 2.05 bits per heavy atom. The molecule has 2 N–H and O–H groups in total. The average Bonchev–Trinajstić information content (AvgIpc) is 2.78. The van der Waals surface area contributed by atoms with Gasteiger partial charge in [0.05, 0.1) is 11.8 Å². The minimum atomic E-state index is -0.916. The Kier molecular flexibility index (Phi) is 4.37. The van der Waals surface area contributed by atoms with Crippen molar-refractivity contribution in [1.29, 1.82) is 0 Å². The predicted octanol–water partition coefficient (Wildman–Crippen LogP) is 2.19. The second-order valence-electron chi connectivity index (χ2n) is 5.48. The van der Waals surface area contributed by atoms with E-state index in [0.29, 0.717) is 18.4 Å². The van der Waals surface area contributed by atoms with Crippen molar-refractivity contribution in [1.82, 2.24) is 5.32 Å². The van der Waals surface area contributed by atoms with E-state index in [1.165, 1.54) is 12.1 Å². The van der Waals surface area contributed by atoms with Crippen molar-refractivity contribution in [2.75, 3.05) is 0 Å². The summed E-state index contributed by atoms with van der Waals surface area (Å²) >= 11 is 0. The molecular weight excluding hydrogens is 261 g/mol. The monoisotopic (exact) mass is 279 g/mol. The van der Waals surface area contributed by atoms with Crippen LogP contribution >= 0.6 is 0 Å². The van der Waals surface area contributed by atoms with Crippen LogP contribution in [0.5, 0.6) is 0 Å². The van der Waals surface area contributed by atoms with Gasteiger partial charge in [0.25, 0.3) is 0 Å². The lowest BCUT2D eigenvalue weighted by Gasteiger charge is -2.15. The zero-order valence-electron chi connectivity index (χ0n) is 11.3. The molecule has 0 aliphatic heterocycles. The van der Waals surface area contributed by atoms with Crippen LogP contribution in [0.4, 0.5) is 4.39 Å². The molecule has 3 unspecified atom stereocenters. The van der Waals surface area contributed by atoms with Crippen molar-refractivity contribution >= 4 is 11.9 Å². The summed E-state index contributed by atoms with van der Waals surface area (Å²) in [5.41, 5.74) is 0.663. The van der Waals surface area contributed by atoms with E-state index in [-0.39, 0.29) is 24.2 Å². The predicted molar refractivity (Wildman–Crippen MR) is 71.3 cm³/mol. The van der Waals surface area contributed by atoms with Crippen LogP contribution in [0.3, 0.4) is 0 Å². The van der Waals surface area contributed by atoms with Gasteiger partial charge in [0, 0.05) is 6.54 Å². The zero-order valence-corrected chi connectivity index (χ0v) is 11.3. The number of carboxylic acid groups (broad SMARTS) is 1. The van der Waals surface area contributed by atoms with E-state index in [0.717, 1.165) is 0 Å². The molecule has 1 aromatic carbocycles. The highest BCUT2D eigenvalue weighted by atomic mass is 19.1. The van der Waals surface area contributed by atoms with E-state index in [1.807, 2.05) is 6.92 Å². The molecule has 0 bridgehead atoms. The van der Waals surface area contributed by atoms with Crippen LogP contribution < -0.4 is 5.32 Å². The first-order chi connectivity index (χ1) is 9.47. The van der Waals surface area contributed by atoms with Crippen molar-refractivity contribution in [3.05, 3.63) is 35.6 Å². The van der Waals surface area contributed by atoms with Crippen LogP contribution in [0.1, 0.15) is 25.3 Å². The highest BCUT2D eigenvalue weighted by Gasteiger charge is 2.40. The highest BCUT2D eigenvalue weighted by molar-refractivity contribution is 5.85. The smallest absolute Gasteiger partial charge is 0.307 e. The maximum atomic E-state index is 13.0. The minimum Gasteiger partial charge on any atom is -0.481 e. The van der Waals surface area contributed by atoms with Gasteiger partial charge in [-0.25, -0.2) is 4.39 Å². The molecule has 0 heterocycles. The van der Waals surface area contributed by atoms with Gasteiger partial charge < -0.3 is 10.4 Å². The summed E-state index contributed by atoms with van der Waals surface area (Å²) in [5, 5.41) is 11.8. The Balaban J connectivity index is 1.96. The number of hydrogen-bond acceptors (Lipinski definition) is 2. The Labute approximate surface area is 117 Å². The number of amides is 1. The number of hydrogen-bond donors (Lipinski definition) is 2. The summed E-state index contributed by atoms with van der Waals surface area (Å²) in [6, 6.07) is 5.99. The average molecular weight is 279 g/mol. The fraction of sp³-hybridized carbons (Fsp3) is 0.467. The quantitative estimate of drug-likeness (QED) is 0.887. The molecule has 20 heavy (non-hydrogen) atoms. The topological polar surface area (TPSA) is 66.4 Å².